The van der Waals surface area contributed by atoms with E-state index < -0.39 is 23.7 Å². The second kappa shape index (κ2) is 8.98. The highest BCUT2D eigenvalue weighted by Crippen LogP contribution is 2.44. The predicted octanol–water partition coefficient (Wildman–Crippen LogP) is 3.15. The molecule has 2 aromatic rings. The topological polar surface area (TPSA) is 106 Å². The molecule has 1 amide bonds. The Morgan fingerprint density at radius 3 is 2.52 bits per heavy atom. The normalized spacial score (nSPS) is 19.1. The Morgan fingerprint density at radius 1 is 1.26 bits per heavy atom. The van der Waals surface area contributed by atoms with E-state index in [9.17, 15) is 18.0 Å². The molecule has 0 aromatic carbocycles. The first-order valence-electron chi connectivity index (χ1n) is 9.95. The Bertz CT molecular complexity index is 937. The first kappa shape index (κ1) is 22.6. The number of hydrogen-bond donors (Lipinski definition) is 3. The smallest absolute Gasteiger partial charge is 0.373 e. The molecule has 0 bridgehead atoms. The van der Waals surface area contributed by atoms with Gasteiger partial charge in [0.25, 0.3) is 0 Å². The van der Waals surface area contributed by atoms with Crippen LogP contribution in [-0.4, -0.2) is 38.7 Å². The molecule has 0 aliphatic heterocycles. The highest BCUT2D eigenvalue weighted by molar-refractivity contribution is 5.71. The number of amides is 1. The molecule has 1 aliphatic carbocycles. The van der Waals surface area contributed by atoms with E-state index in [2.05, 4.69) is 31.2 Å². The van der Waals surface area contributed by atoms with Gasteiger partial charge in [0.1, 0.15) is 5.82 Å². The number of nitrogens with zero attached hydrogens (tertiary/aromatic N) is 4. The van der Waals surface area contributed by atoms with Crippen LogP contribution in [0.15, 0.2) is 6.20 Å². The average molecular weight is 441 g/mol. The lowest BCUT2D eigenvalue weighted by molar-refractivity contribution is -0.142. The summed E-state index contributed by atoms with van der Waals surface area (Å²) in [5.41, 5.74) is 2.02. The maximum Gasteiger partial charge on any atom is 0.435 e. The van der Waals surface area contributed by atoms with E-state index in [1.54, 1.807) is 13.2 Å². The molecule has 0 radical (unpaired) electrons. The Kier molecular flexibility index (Phi) is 6.56. The Hall–Kier alpha value is -3.05. The number of nitrogens with one attached hydrogen (secondary N) is 3. The second-order valence-corrected chi connectivity index (χ2v) is 7.62. The maximum atomic E-state index is 13.6. The number of aromatic nitrogens is 4. The number of rotatable bonds is 6. The minimum absolute atomic E-state index is 0.0220. The fraction of sp³-hybridized carbons (Fsp3) is 0.579. The van der Waals surface area contributed by atoms with Crippen LogP contribution in [0.3, 0.4) is 0 Å². The fourth-order valence-corrected chi connectivity index (χ4v) is 3.82. The Morgan fingerprint density at radius 2 is 1.94 bits per heavy atom. The van der Waals surface area contributed by atoms with E-state index in [4.69, 9.17) is 4.84 Å². The Labute approximate surface area is 177 Å². The predicted molar refractivity (Wildman–Crippen MR) is 108 cm³/mol. The highest BCUT2D eigenvalue weighted by Gasteiger charge is 2.42. The third-order valence-electron chi connectivity index (χ3n) is 5.27. The molecule has 1 fully saturated rings. The van der Waals surface area contributed by atoms with E-state index >= 15 is 0 Å². The van der Waals surface area contributed by atoms with Gasteiger partial charge in [0.05, 0.1) is 5.56 Å². The zero-order valence-electron chi connectivity index (χ0n) is 17.8. The first-order chi connectivity index (χ1) is 14.6. The van der Waals surface area contributed by atoms with Crippen LogP contribution in [0, 0.1) is 6.92 Å². The van der Waals surface area contributed by atoms with Crippen LogP contribution in [0.1, 0.15) is 55.3 Å². The van der Waals surface area contributed by atoms with Crippen LogP contribution >= 0.6 is 0 Å². The number of anilines is 2. The molecule has 0 atom stereocenters. The van der Waals surface area contributed by atoms with Crippen LogP contribution < -0.4 is 21.0 Å². The first-order valence-corrected chi connectivity index (χ1v) is 9.95. The average Bonchev–Trinajstić information content (AvgIpc) is 3.05. The second-order valence-electron chi connectivity index (χ2n) is 7.62. The molecule has 170 valence electrons. The maximum absolute atomic E-state index is 13.6. The number of hydroxylamine groups is 1. The van der Waals surface area contributed by atoms with Crippen molar-refractivity contribution in [1.29, 1.82) is 0 Å². The summed E-state index contributed by atoms with van der Waals surface area (Å²) in [6, 6.07) is 0.0365. The van der Waals surface area contributed by atoms with Crippen LogP contribution in [-0.2, 0) is 18.0 Å². The summed E-state index contributed by atoms with van der Waals surface area (Å²) in [7, 11) is 3.13. The minimum Gasteiger partial charge on any atom is -0.373 e. The highest BCUT2D eigenvalue weighted by atomic mass is 19.4. The van der Waals surface area contributed by atoms with Gasteiger partial charge < -0.3 is 15.5 Å². The van der Waals surface area contributed by atoms with Crippen molar-refractivity contribution in [1.82, 2.24) is 25.2 Å². The van der Waals surface area contributed by atoms with Gasteiger partial charge in [-0.05, 0) is 38.5 Å². The van der Waals surface area contributed by atoms with Crippen molar-refractivity contribution in [3.05, 3.63) is 23.0 Å². The van der Waals surface area contributed by atoms with Gasteiger partial charge in [-0.2, -0.15) is 28.7 Å². The van der Waals surface area contributed by atoms with Crippen LogP contribution in [0.25, 0.3) is 0 Å². The van der Waals surface area contributed by atoms with Crippen molar-refractivity contribution < 1.29 is 22.8 Å². The summed E-state index contributed by atoms with van der Waals surface area (Å²) in [6.07, 6.45) is -0.671. The molecule has 2 heterocycles. The molecular weight excluding hydrogens is 415 g/mol. The number of alkyl halides is 3. The van der Waals surface area contributed by atoms with Crippen molar-refractivity contribution in [3.8, 4) is 5.88 Å². The summed E-state index contributed by atoms with van der Waals surface area (Å²) in [6.45, 7) is 3.11. The fourth-order valence-electron chi connectivity index (χ4n) is 3.82. The SMILES string of the molecule is CNc1nc(NC2CCC(c3c(C(F)(F)F)nn(C)c3ONC(C)=O)CC2)ncc1C. The van der Waals surface area contributed by atoms with Gasteiger partial charge in [-0.15, -0.1) is 0 Å². The molecule has 0 unspecified atom stereocenters. The molecule has 3 rings (SSSR count). The van der Waals surface area contributed by atoms with Gasteiger partial charge in [-0.1, -0.05) is 0 Å². The molecule has 0 spiro atoms. The van der Waals surface area contributed by atoms with Crippen molar-refractivity contribution in [3.63, 3.8) is 0 Å². The standard InChI is InChI=1S/C19H26F3N7O2/c1-10-9-24-18(26-16(10)23-3)25-13-7-5-12(6-8-13)14-15(19(20,21)22)27-29(4)17(14)31-28-11(2)30/h9,12-13H,5-8H2,1-4H3,(H,28,30)(H2,23,24,25,26). The molecule has 12 heteroatoms. The number of carbonyl (C=O) groups excluding carboxylic acids is 1. The minimum atomic E-state index is -4.63. The molecular formula is C19H26F3N7O2. The van der Waals surface area contributed by atoms with E-state index in [0.717, 1.165) is 16.1 Å². The van der Waals surface area contributed by atoms with Gasteiger partial charge in [0, 0.05) is 38.8 Å². The molecule has 1 aliphatic rings. The van der Waals surface area contributed by atoms with Crippen molar-refractivity contribution >= 4 is 17.7 Å². The van der Waals surface area contributed by atoms with Gasteiger partial charge >= 0.3 is 6.18 Å². The van der Waals surface area contributed by atoms with Gasteiger partial charge in [-0.25, -0.2) is 9.67 Å². The van der Waals surface area contributed by atoms with Crippen molar-refractivity contribution in [2.75, 3.05) is 17.7 Å². The van der Waals surface area contributed by atoms with E-state index in [1.165, 1.54) is 14.0 Å². The largest absolute Gasteiger partial charge is 0.435 e. The summed E-state index contributed by atoms with van der Waals surface area (Å²) >= 11 is 0. The summed E-state index contributed by atoms with van der Waals surface area (Å²) in [5, 5.41) is 9.89. The van der Waals surface area contributed by atoms with Crippen LogP contribution in [0.4, 0.5) is 24.9 Å². The molecule has 1 saturated carbocycles. The molecule has 31 heavy (non-hydrogen) atoms. The number of halogens is 3. The lowest BCUT2D eigenvalue weighted by Crippen LogP contribution is -2.28. The molecule has 3 N–H and O–H groups in total. The number of hydrogen-bond acceptors (Lipinski definition) is 7. The van der Waals surface area contributed by atoms with E-state index in [0.29, 0.717) is 31.6 Å². The summed E-state index contributed by atoms with van der Waals surface area (Å²) < 4.78 is 41.8. The molecule has 0 saturated heterocycles. The van der Waals surface area contributed by atoms with Crippen molar-refractivity contribution in [2.45, 2.75) is 57.7 Å². The zero-order chi connectivity index (χ0) is 22.8. The van der Waals surface area contributed by atoms with E-state index in [1.807, 2.05) is 6.92 Å². The summed E-state index contributed by atoms with van der Waals surface area (Å²) in [4.78, 5) is 25.1. The third-order valence-corrected chi connectivity index (χ3v) is 5.27. The van der Waals surface area contributed by atoms with Gasteiger partial charge in [0.15, 0.2) is 5.69 Å². The monoisotopic (exact) mass is 441 g/mol. The quantitative estimate of drug-likeness (QED) is 0.592. The van der Waals surface area contributed by atoms with Crippen LogP contribution in [0.2, 0.25) is 0 Å². The Balaban J connectivity index is 1.76. The number of carbonyl (C=O) groups is 1. The molecule has 2 aromatic heterocycles. The van der Waals surface area contributed by atoms with Crippen molar-refractivity contribution in [2.24, 2.45) is 7.05 Å². The molecule has 9 nitrogen and oxygen atoms in total. The lowest BCUT2D eigenvalue weighted by atomic mass is 9.81. The summed E-state index contributed by atoms with van der Waals surface area (Å²) in [5.74, 6) is 0.174. The van der Waals surface area contributed by atoms with Gasteiger partial charge in [-0.3, -0.25) is 4.79 Å². The zero-order valence-corrected chi connectivity index (χ0v) is 17.8. The third kappa shape index (κ3) is 5.17. The lowest BCUT2D eigenvalue weighted by Gasteiger charge is -2.29. The van der Waals surface area contributed by atoms with E-state index in [-0.39, 0.29) is 17.5 Å². The number of aryl methyl sites for hydroxylation is 2. The van der Waals surface area contributed by atoms with Crippen LogP contribution in [0.5, 0.6) is 5.88 Å². The van der Waals surface area contributed by atoms with Gasteiger partial charge in [0.2, 0.25) is 17.7 Å².